The first kappa shape index (κ1) is 9.45. The van der Waals surface area contributed by atoms with Gasteiger partial charge in [-0.2, -0.15) is 0 Å². The Balaban J connectivity index is 2.35. The predicted octanol–water partition coefficient (Wildman–Crippen LogP) is 1.61. The van der Waals surface area contributed by atoms with Gasteiger partial charge in [-0.25, -0.2) is 4.79 Å². The van der Waals surface area contributed by atoms with E-state index in [2.05, 4.69) is 0 Å². The van der Waals surface area contributed by atoms with Gasteiger partial charge in [-0.1, -0.05) is 12.2 Å². The van der Waals surface area contributed by atoms with Crippen molar-refractivity contribution in [2.24, 2.45) is 0 Å². The van der Waals surface area contributed by atoms with Crippen molar-refractivity contribution >= 4 is 23.2 Å². The third-order valence-corrected chi connectivity index (χ3v) is 1.64. The molecule has 68 valence electrons. The molecule has 1 rings (SSSR count). The van der Waals surface area contributed by atoms with Gasteiger partial charge < -0.3 is 4.74 Å². The molecule has 0 N–H and O–H groups in total. The second-order valence-electron chi connectivity index (χ2n) is 3.88. The summed E-state index contributed by atoms with van der Waals surface area (Å²) in [6.45, 7) is 6.70. The molecule has 1 aliphatic rings. The summed E-state index contributed by atoms with van der Waals surface area (Å²) >= 11 is 4.87. The minimum absolute atomic E-state index is 0.267. The molecule has 0 saturated carbocycles. The van der Waals surface area contributed by atoms with Gasteiger partial charge in [0.25, 0.3) is 0 Å². The second-order valence-corrected chi connectivity index (χ2v) is 4.45. The molecular formula is C8H13NO2S. The van der Waals surface area contributed by atoms with Gasteiger partial charge in [0.15, 0.2) is 0 Å². The quantitative estimate of drug-likeness (QED) is 0.539. The number of carbonyl (C=O) groups excluding carboxylic acids is 1. The minimum atomic E-state index is -0.408. The molecule has 3 nitrogen and oxygen atoms in total. The van der Waals surface area contributed by atoms with E-state index in [1.54, 1.807) is 4.90 Å². The van der Waals surface area contributed by atoms with Gasteiger partial charge in [-0.05, 0) is 20.8 Å². The number of nitrogens with zero attached hydrogens (tertiary/aromatic N) is 1. The van der Waals surface area contributed by atoms with Gasteiger partial charge in [-0.15, -0.1) is 0 Å². The van der Waals surface area contributed by atoms with E-state index in [1.807, 2.05) is 20.8 Å². The minimum Gasteiger partial charge on any atom is -0.444 e. The van der Waals surface area contributed by atoms with Crippen LogP contribution in [0.2, 0.25) is 0 Å². The molecule has 0 spiro atoms. The lowest BCUT2D eigenvalue weighted by molar-refractivity contribution is 0.0268. The number of hydrogen-bond donors (Lipinski definition) is 0. The van der Waals surface area contributed by atoms with Crippen LogP contribution in [-0.4, -0.2) is 34.5 Å². The van der Waals surface area contributed by atoms with E-state index in [9.17, 15) is 4.79 Å². The lowest BCUT2D eigenvalue weighted by Gasteiger charge is -2.33. The fourth-order valence-corrected chi connectivity index (χ4v) is 1.15. The van der Waals surface area contributed by atoms with E-state index in [0.717, 1.165) is 4.86 Å². The Kier molecular flexibility index (Phi) is 2.37. The molecule has 12 heavy (non-hydrogen) atoms. The third kappa shape index (κ3) is 2.44. The predicted molar refractivity (Wildman–Crippen MR) is 50.4 cm³/mol. The summed E-state index contributed by atoms with van der Waals surface area (Å²) in [4.78, 5) is 13.7. The van der Waals surface area contributed by atoms with Crippen LogP contribution in [-0.2, 0) is 4.74 Å². The summed E-state index contributed by atoms with van der Waals surface area (Å²) in [6, 6.07) is 0. The van der Waals surface area contributed by atoms with Crippen LogP contribution in [0.1, 0.15) is 20.8 Å². The Labute approximate surface area is 77.7 Å². The number of hydrogen-bond acceptors (Lipinski definition) is 3. The highest BCUT2D eigenvalue weighted by atomic mass is 32.1. The van der Waals surface area contributed by atoms with Crippen molar-refractivity contribution < 1.29 is 9.53 Å². The number of likely N-dealkylation sites (tertiary alicyclic amines) is 1. The Morgan fingerprint density at radius 3 is 2.33 bits per heavy atom. The molecule has 0 aliphatic carbocycles. The van der Waals surface area contributed by atoms with Crippen molar-refractivity contribution in [3.63, 3.8) is 0 Å². The SMILES string of the molecule is CC(C)(C)OC(=O)N1CC(=S)C1. The Morgan fingerprint density at radius 1 is 1.50 bits per heavy atom. The molecule has 0 atom stereocenters. The van der Waals surface area contributed by atoms with E-state index in [-0.39, 0.29) is 6.09 Å². The molecule has 4 heteroatoms. The van der Waals surface area contributed by atoms with Crippen LogP contribution in [0.15, 0.2) is 0 Å². The summed E-state index contributed by atoms with van der Waals surface area (Å²) < 4.78 is 5.12. The number of carbonyl (C=O) groups is 1. The molecular weight excluding hydrogens is 174 g/mol. The van der Waals surface area contributed by atoms with Crippen molar-refractivity contribution in [3.8, 4) is 0 Å². The smallest absolute Gasteiger partial charge is 0.410 e. The molecule has 1 fully saturated rings. The molecule has 0 aromatic carbocycles. The normalized spacial score (nSPS) is 17.2. The summed E-state index contributed by atoms with van der Waals surface area (Å²) in [5.74, 6) is 0. The number of amides is 1. The van der Waals surface area contributed by atoms with Crippen LogP contribution in [0.5, 0.6) is 0 Å². The fourth-order valence-electron chi connectivity index (χ4n) is 0.835. The molecule has 1 aliphatic heterocycles. The van der Waals surface area contributed by atoms with Crippen molar-refractivity contribution in [2.45, 2.75) is 26.4 Å². The van der Waals surface area contributed by atoms with Crippen LogP contribution >= 0.6 is 12.2 Å². The van der Waals surface area contributed by atoms with E-state index in [0.29, 0.717) is 13.1 Å². The van der Waals surface area contributed by atoms with E-state index >= 15 is 0 Å². The molecule has 0 aromatic heterocycles. The van der Waals surface area contributed by atoms with Crippen molar-refractivity contribution in [2.75, 3.05) is 13.1 Å². The maximum absolute atomic E-state index is 11.2. The lowest BCUT2D eigenvalue weighted by Crippen LogP contribution is -2.51. The number of thiocarbonyl (C=S) groups is 1. The topological polar surface area (TPSA) is 29.5 Å². The highest BCUT2D eigenvalue weighted by molar-refractivity contribution is 7.80. The monoisotopic (exact) mass is 187 g/mol. The zero-order valence-electron chi connectivity index (χ0n) is 7.59. The summed E-state index contributed by atoms with van der Waals surface area (Å²) in [5, 5.41) is 0. The van der Waals surface area contributed by atoms with Crippen molar-refractivity contribution in [3.05, 3.63) is 0 Å². The molecule has 0 aromatic rings. The summed E-state index contributed by atoms with van der Waals surface area (Å²) in [6.07, 6.45) is -0.267. The van der Waals surface area contributed by atoms with Gasteiger partial charge in [0, 0.05) is 4.86 Å². The van der Waals surface area contributed by atoms with Gasteiger partial charge in [-0.3, -0.25) is 4.90 Å². The maximum atomic E-state index is 11.2. The van der Waals surface area contributed by atoms with Crippen LogP contribution in [0, 0.1) is 0 Å². The highest BCUT2D eigenvalue weighted by Gasteiger charge is 2.29. The van der Waals surface area contributed by atoms with Crippen LogP contribution in [0.3, 0.4) is 0 Å². The maximum Gasteiger partial charge on any atom is 0.410 e. The molecule has 0 radical (unpaired) electrons. The average molecular weight is 187 g/mol. The highest BCUT2D eigenvalue weighted by Crippen LogP contribution is 2.13. The fraction of sp³-hybridized carbons (Fsp3) is 0.750. The third-order valence-electron chi connectivity index (χ3n) is 1.39. The van der Waals surface area contributed by atoms with E-state index in [1.165, 1.54) is 0 Å². The first-order valence-corrected chi connectivity index (χ1v) is 4.29. The average Bonchev–Trinajstić information content (AvgIpc) is 1.76. The molecule has 0 bridgehead atoms. The zero-order valence-corrected chi connectivity index (χ0v) is 8.40. The first-order chi connectivity index (χ1) is 5.38. The molecule has 0 unspecified atom stereocenters. The zero-order chi connectivity index (χ0) is 9.35. The second kappa shape index (κ2) is 3.01. The molecule has 1 amide bonds. The van der Waals surface area contributed by atoms with Gasteiger partial charge >= 0.3 is 6.09 Å². The number of rotatable bonds is 0. The van der Waals surface area contributed by atoms with Gasteiger partial charge in [0.2, 0.25) is 0 Å². The van der Waals surface area contributed by atoms with Crippen molar-refractivity contribution in [1.82, 2.24) is 4.90 Å². The summed E-state index contributed by atoms with van der Waals surface area (Å²) in [5.41, 5.74) is -0.408. The first-order valence-electron chi connectivity index (χ1n) is 3.88. The summed E-state index contributed by atoms with van der Waals surface area (Å²) in [7, 11) is 0. The Bertz CT molecular complexity index is 212. The van der Waals surface area contributed by atoms with Crippen molar-refractivity contribution in [1.29, 1.82) is 0 Å². The number of ether oxygens (including phenoxy) is 1. The van der Waals surface area contributed by atoms with Gasteiger partial charge in [0.05, 0.1) is 13.1 Å². The van der Waals surface area contributed by atoms with Gasteiger partial charge in [0.1, 0.15) is 5.60 Å². The van der Waals surface area contributed by atoms with E-state index in [4.69, 9.17) is 17.0 Å². The Morgan fingerprint density at radius 2 is 2.00 bits per heavy atom. The van der Waals surface area contributed by atoms with Crippen LogP contribution in [0.25, 0.3) is 0 Å². The Hall–Kier alpha value is -0.640. The standard InChI is InChI=1S/C8H13NO2S/c1-8(2,3)11-7(10)9-4-6(12)5-9/h4-5H2,1-3H3. The van der Waals surface area contributed by atoms with Crippen LogP contribution in [0.4, 0.5) is 4.79 Å². The van der Waals surface area contributed by atoms with E-state index < -0.39 is 5.60 Å². The largest absolute Gasteiger partial charge is 0.444 e. The van der Waals surface area contributed by atoms with Crippen LogP contribution < -0.4 is 0 Å². The molecule has 1 saturated heterocycles. The molecule has 1 heterocycles. The lowest BCUT2D eigenvalue weighted by atomic mass is 10.2.